The minimum absolute atomic E-state index is 1.45. The quantitative estimate of drug-likeness (QED) is 0.142. The highest BCUT2D eigenvalue weighted by Gasteiger charge is 2.23. The van der Waals surface area contributed by atoms with Gasteiger partial charge >= 0.3 is 0 Å². The number of benzene rings is 12. The summed E-state index contributed by atoms with van der Waals surface area (Å²) in [7, 11) is 0. The molecule has 0 saturated heterocycles. The van der Waals surface area contributed by atoms with Crippen LogP contribution >= 0.6 is 0 Å². The van der Waals surface area contributed by atoms with E-state index in [4.69, 9.17) is 0 Å². The number of aryl methyl sites for hydroxylation is 24. The zero-order valence-corrected chi connectivity index (χ0v) is 78.0. The Bertz CT molecular complexity index is 4190. The van der Waals surface area contributed by atoms with Crippen molar-refractivity contribution in [3.05, 3.63) is 267 Å². The summed E-state index contributed by atoms with van der Waals surface area (Å²) in [5.74, 6) is 0. The molecule has 0 aliphatic heterocycles. The van der Waals surface area contributed by atoms with E-state index in [1.807, 2.05) is 0 Å². The zero-order chi connectivity index (χ0) is 82.6. The first-order valence-corrected chi connectivity index (χ1v) is 40.5. The third-order valence-corrected chi connectivity index (χ3v) is 30.8. The standard InChI is InChI=1S/6C18H24/c6*1-9-10(2)14(6)18-16(8)12(4)11(3)15(7)17(18)13(9)5/h6*1-8H3. The SMILES string of the molecule is Cc1c(C)c(C)c2c(C)c(C)c(C)c(C)c2c1C.Cc1c(C)c(C)c2c(C)c(C)c(C)c(C)c2c1C.Cc1c(C)c(C)c2c(C)c(C)c(C)c(C)c2c1C.Cc1c(C)c(C)c2c(C)c(C)c(C)c(C)c2c1C.Cc1c(C)c(C)c2c(C)c(C)c(C)c(C)c2c1C.Cc1c(C)c(C)c2c(C)c(C)c(C)c(C)c2c1C. The van der Waals surface area contributed by atoms with Gasteiger partial charge in [-0.3, -0.25) is 0 Å². The monoisotopic (exact) mass is 1440 g/mol. The van der Waals surface area contributed by atoms with Crippen molar-refractivity contribution in [3.8, 4) is 0 Å². The van der Waals surface area contributed by atoms with Crippen molar-refractivity contribution in [3.63, 3.8) is 0 Å². The Hall–Kier alpha value is -7.80. The molecule has 0 nitrogen and oxygen atoms in total. The fourth-order valence-electron chi connectivity index (χ4n) is 19.1. The van der Waals surface area contributed by atoms with Crippen LogP contribution < -0.4 is 0 Å². The van der Waals surface area contributed by atoms with Gasteiger partial charge in [0.05, 0.1) is 0 Å². The van der Waals surface area contributed by atoms with Crippen molar-refractivity contribution >= 4 is 64.6 Å². The molecule has 12 aromatic rings. The van der Waals surface area contributed by atoms with Crippen LogP contribution in [-0.4, -0.2) is 0 Å². The van der Waals surface area contributed by atoms with Gasteiger partial charge in [-0.05, 0) is 664 Å². The van der Waals surface area contributed by atoms with Crippen molar-refractivity contribution in [2.24, 2.45) is 0 Å². The summed E-state index contributed by atoms with van der Waals surface area (Å²) in [6.07, 6.45) is 0. The lowest BCUT2D eigenvalue weighted by Crippen LogP contribution is -2.01. The number of hydrogen-bond donors (Lipinski definition) is 0. The molecule has 0 amide bonds. The van der Waals surface area contributed by atoms with Gasteiger partial charge in [-0.1, -0.05) is 0 Å². The van der Waals surface area contributed by atoms with Gasteiger partial charge in [0.2, 0.25) is 0 Å². The summed E-state index contributed by atoms with van der Waals surface area (Å²) >= 11 is 0. The molecule has 0 fully saturated rings. The minimum atomic E-state index is 1.45. The number of rotatable bonds is 0. The Morgan fingerprint density at radius 3 is 0.102 bits per heavy atom. The number of hydrogen-bond acceptors (Lipinski definition) is 0. The molecule has 0 radical (unpaired) electrons. The molecule has 0 saturated carbocycles. The smallest absolute Gasteiger partial charge is 0.0114 e. The van der Waals surface area contributed by atoms with Crippen LogP contribution in [0.2, 0.25) is 0 Å². The molecule has 0 atom stereocenters. The van der Waals surface area contributed by atoms with E-state index in [1.165, 1.54) is 332 Å². The molecule has 12 rings (SSSR count). The summed E-state index contributed by atoms with van der Waals surface area (Å²) in [6.45, 7) is 108. The zero-order valence-electron chi connectivity index (χ0n) is 78.0. The van der Waals surface area contributed by atoms with Gasteiger partial charge in [0.25, 0.3) is 0 Å². The van der Waals surface area contributed by atoms with Crippen LogP contribution in [0.3, 0.4) is 0 Å². The van der Waals surface area contributed by atoms with Gasteiger partial charge in [0, 0.05) is 0 Å². The maximum atomic E-state index is 2.27. The van der Waals surface area contributed by atoms with E-state index in [2.05, 4.69) is 332 Å². The first-order chi connectivity index (χ1) is 49.7. The molecule has 0 spiro atoms. The first kappa shape index (κ1) is 87.4. The molecule has 0 heteroatoms. The first-order valence-electron chi connectivity index (χ1n) is 40.5. The van der Waals surface area contributed by atoms with Crippen molar-refractivity contribution in [1.82, 2.24) is 0 Å². The topological polar surface area (TPSA) is 0 Å². The van der Waals surface area contributed by atoms with Gasteiger partial charge in [-0.15, -0.1) is 0 Å². The highest BCUT2D eigenvalue weighted by molar-refractivity contribution is 6.02. The summed E-state index contributed by atoms with van der Waals surface area (Å²) in [5.41, 5.74) is 69.7. The average Bonchev–Trinajstić information content (AvgIpc) is 0.784. The lowest BCUT2D eigenvalue weighted by molar-refractivity contribution is 1.20. The van der Waals surface area contributed by atoms with Crippen LogP contribution in [-0.2, 0) is 0 Å². The molecule has 0 N–H and O–H groups in total. The second kappa shape index (κ2) is 32.3. The average molecular weight is 1440 g/mol. The maximum Gasteiger partial charge on any atom is -0.0114 e. The lowest BCUT2D eigenvalue weighted by atomic mass is 9.83. The van der Waals surface area contributed by atoms with E-state index >= 15 is 0 Å². The molecular formula is C108H144. The van der Waals surface area contributed by atoms with Gasteiger partial charge < -0.3 is 0 Å². The van der Waals surface area contributed by atoms with Crippen LogP contribution in [0.4, 0.5) is 0 Å². The Balaban J connectivity index is 0.000000180. The maximum absolute atomic E-state index is 2.27. The predicted molar refractivity (Wildman–Crippen MR) is 491 cm³/mol. The van der Waals surface area contributed by atoms with Crippen molar-refractivity contribution in [2.45, 2.75) is 332 Å². The summed E-state index contributed by atoms with van der Waals surface area (Å²) < 4.78 is 0. The van der Waals surface area contributed by atoms with Crippen molar-refractivity contribution < 1.29 is 0 Å². The predicted octanol–water partition coefficient (Wildman–Crippen LogP) is 31.8. The fourth-order valence-corrected chi connectivity index (χ4v) is 19.1. The van der Waals surface area contributed by atoms with Crippen LogP contribution in [0.5, 0.6) is 0 Å². The van der Waals surface area contributed by atoms with Gasteiger partial charge in [-0.2, -0.15) is 0 Å². The van der Waals surface area contributed by atoms with Crippen molar-refractivity contribution in [2.75, 3.05) is 0 Å². The summed E-state index contributed by atoms with van der Waals surface area (Å²) in [5, 5.41) is 17.8. The molecule has 0 unspecified atom stereocenters. The molecular weight excluding hydrogens is 1300 g/mol. The molecule has 0 heterocycles. The third kappa shape index (κ3) is 14.1. The van der Waals surface area contributed by atoms with Gasteiger partial charge in [-0.25, -0.2) is 0 Å². The van der Waals surface area contributed by atoms with Crippen LogP contribution in [0.15, 0.2) is 0 Å². The third-order valence-electron chi connectivity index (χ3n) is 30.8. The molecule has 12 aromatic carbocycles. The molecule has 0 aliphatic rings. The molecule has 576 valence electrons. The van der Waals surface area contributed by atoms with Crippen LogP contribution in [0.1, 0.15) is 267 Å². The van der Waals surface area contributed by atoms with E-state index in [1.54, 1.807) is 0 Å². The Morgan fingerprint density at radius 2 is 0.0741 bits per heavy atom. The number of fused-ring (bicyclic) bond motifs is 6. The van der Waals surface area contributed by atoms with E-state index in [0.717, 1.165) is 0 Å². The summed E-state index contributed by atoms with van der Waals surface area (Å²) in [6, 6.07) is 0. The van der Waals surface area contributed by atoms with Crippen molar-refractivity contribution in [1.29, 1.82) is 0 Å². The Kier molecular flexibility index (Phi) is 26.1. The molecule has 0 aromatic heterocycles. The second-order valence-corrected chi connectivity index (χ2v) is 34.5. The van der Waals surface area contributed by atoms with Crippen LogP contribution in [0, 0.1) is 332 Å². The van der Waals surface area contributed by atoms with Gasteiger partial charge in [0.1, 0.15) is 0 Å². The highest BCUT2D eigenvalue weighted by atomic mass is 14.3. The Morgan fingerprint density at radius 1 is 0.0463 bits per heavy atom. The van der Waals surface area contributed by atoms with E-state index < -0.39 is 0 Å². The largest absolute Gasteiger partial charge is 0.0444 e. The highest BCUT2D eigenvalue weighted by Crippen LogP contribution is 2.44. The molecule has 108 heavy (non-hydrogen) atoms. The fraction of sp³-hybridized carbons (Fsp3) is 0.444. The van der Waals surface area contributed by atoms with E-state index in [9.17, 15) is 0 Å². The minimum Gasteiger partial charge on any atom is -0.0444 e. The molecule has 0 aliphatic carbocycles. The van der Waals surface area contributed by atoms with E-state index in [0.29, 0.717) is 0 Å². The van der Waals surface area contributed by atoms with Gasteiger partial charge in [0.15, 0.2) is 0 Å². The van der Waals surface area contributed by atoms with E-state index in [-0.39, 0.29) is 0 Å². The second-order valence-electron chi connectivity index (χ2n) is 34.5. The summed E-state index contributed by atoms with van der Waals surface area (Å²) in [4.78, 5) is 0. The van der Waals surface area contributed by atoms with Crippen LogP contribution in [0.25, 0.3) is 64.6 Å². The Labute approximate surface area is 659 Å². The normalized spacial score (nSPS) is 11.3. The lowest BCUT2D eigenvalue weighted by Gasteiger charge is -2.21. The molecule has 0 bridgehead atoms.